The minimum Gasteiger partial charge on any atom is -0.508 e. The Labute approximate surface area is 142 Å². The van der Waals surface area contributed by atoms with Gasteiger partial charge in [-0.3, -0.25) is 0 Å². The summed E-state index contributed by atoms with van der Waals surface area (Å²) in [4.78, 5) is 4.26. The molecule has 5 heteroatoms. The molecule has 0 spiro atoms. The fourth-order valence-electron chi connectivity index (χ4n) is 2.07. The number of guanidine groups is 1. The van der Waals surface area contributed by atoms with Crippen LogP contribution in [0.25, 0.3) is 0 Å². The van der Waals surface area contributed by atoms with E-state index in [0.717, 1.165) is 11.3 Å². The Hall–Kier alpha value is -1.76. The summed E-state index contributed by atoms with van der Waals surface area (Å²) in [5.41, 5.74) is 10.1. The number of aromatic hydroxyl groups is 1. The van der Waals surface area contributed by atoms with E-state index in [9.17, 15) is 5.11 Å². The minimum absolute atomic E-state index is 0. The molecule has 0 aromatic heterocycles. The predicted octanol–water partition coefficient (Wildman–Crippen LogP) is 3.55. The Balaban J connectivity index is 0.00000220. The molecule has 0 heterocycles. The Kier molecular flexibility index (Phi) is 6.48. The first kappa shape index (κ1) is 17.3. The third kappa shape index (κ3) is 5.63. The van der Waals surface area contributed by atoms with Crippen molar-refractivity contribution in [2.24, 2.45) is 10.7 Å². The normalized spacial score (nSPS) is 10.9. The molecule has 0 saturated carbocycles. The maximum Gasteiger partial charge on any atom is 0.193 e. The van der Waals surface area contributed by atoms with Crippen molar-refractivity contribution in [2.45, 2.75) is 20.4 Å². The molecule has 0 atom stereocenters. The Bertz CT molecular complexity index is 621. The van der Waals surface area contributed by atoms with Crippen LogP contribution in [0.5, 0.6) is 5.75 Å². The number of phenolic OH excluding ortho intramolecular Hbond substituents is 1. The van der Waals surface area contributed by atoms with Crippen molar-refractivity contribution in [3.63, 3.8) is 0 Å². The van der Waals surface area contributed by atoms with Crippen molar-refractivity contribution in [2.75, 3.05) is 5.32 Å². The molecule has 0 unspecified atom stereocenters. The zero-order valence-electron chi connectivity index (χ0n) is 12.1. The molecule has 2 rings (SSSR count). The highest BCUT2D eigenvalue weighted by atomic mass is 127. The molecule has 21 heavy (non-hydrogen) atoms. The predicted molar refractivity (Wildman–Crippen MR) is 98.4 cm³/mol. The Morgan fingerprint density at radius 2 is 1.81 bits per heavy atom. The number of aliphatic imine (C=N–C) groups is 1. The maximum absolute atomic E-state index is 9.38. The standard InChI is InChI=1S/C16H19N3O.HI/c1-11-6-12(2)8-14(7-11)19-16(17)18-10-13-4-3-5-15(20)9-13;/h3-9,20H,10H2,1-2H3,(H3,17,18,19);1H. The number of nitrogens with one attached hydrogen (secondary N) is 1. The van der Waals surface area contributed by atoms with Gasteiger partial charge in [-0.1, -0.05) is 18.2 Å². The van der Waals surface area contributed by atoms with E-state index in [1.54, 1.807) is 18.2 Å². The van der Waals surface area contributed by atoms with E-state index in [4.69, 9.17) is 5.73 Å². The number of phenols is 1. The number of rotatable bonds is 3. The molecule has 0 aliphatic rings. The first-order chi connectivity index (χ1) is 9.52. The van der Waals surface area contributed by atoms with Gasteiger partial charge in [0.2, 0.25) is 0 Å². The van der Waals surface area contributed by atoms with E-state index in [2.05, 4.69) is 16.4 Å². The summed E-state index contributed by atoms with van der Waals surface area (Å²) in [7, 11) is 0. The zero-order chi connectivity index (χ0) is 14.5. The molecule has 0 fully saturated rings. The minimum atomic E-state index is 0. The van der Waals surface area contributed by atoms with Crippen LogP contribution in [0.15, 0.2) is 47.5 Å². The zero-order valence-corrected chi connectivity index (χ0v) is 14.5. The highest BCUT2D eigenvalue weighted by molar-refractivity contribution is 14.0. The molecule has 4 N–H and O–H groups in total. The van der Waals surface area contributed by atoms with Gasteiger partial charge >= 0.3 is 0 Å². The van der Waals surface area contributed by atoms with Crippen molar-refractivity contribution < 1.29 is 5.11 Å². The number of anilines is 1. The van der Waals surface area contributed by atoms with Gasteiger partial charge in [0.1, 0.15) is 5.75 Å². The quantitative estimate of drug-likeness (QED) is 0.422. The summed E-state index contributed by atoms with van der Waals surface area (Å²) < 4.78 is 0. The van der Waals surface area contributed by atoms with Crippen LogP contribution in [0.2, 0.25) is 0 Å². The van der Waals surface area contributed by atoms with Crippen LogP contribution in [-0.2, 0) is 6.54 Å². The smallest absolute Gasteiger partial charge is 0.193 e. The van der Waals surface area contributed by atoms with E-state index >= 15 is 0 Å². The van der Waals surface area contributed by atoms with Crippen molar-refractivity contribution in [3.05, 3.63) is 59.2 Å². The first-order valence-electron chi connectivity index (χ1n) is 6.46. The third-order valence-electron chi connectivity index (χ3n) is 2.84. The largest absolute Gasteiger partial charge is 0.508 e. The van der Waals surface area contributed by atoms with Crippen LogP contribution in [0.4, 0.5) is 5.69 Å². The Morgan fingerprint density at radius 3 is 2.43 bits per heavy atom. The molecule has 2 aromatic rings. The molecule has 0 aliphatic carbocycles. The van der Waals surface area contributed by atoms with Crippen molar-refractivity contribution in [1.29, 1.82) is 0 Å². The Morgan fingerprint density at radius 1 is 1.14 bits per heavy atom. The number of nitrogens with two attached hydrogens (primary N) is 1. The van der Waals surface area contributed by atoms with Gasteiger partial charge in [0, 0.05) is 5.69 Å². The molecule has 0 saturated heterocycles. The monoisotopic (exact) mass is 397 g/mol. The molecule has 2 aromatic carbocycles. The summed E-state index contributed by atoms with van der Waals surface area (Å²) in [5.74, 6) is 0.594. The maximum atomic E-state index is 9.38. The summed E-state index contributed by atoms with van der Waals surface area (Å²) in [6.45, 7) is 4.51. The number of hydrogen-bond acceptors (Lipinski definition) is 2. The van der Waals surface area contributed by atoms with Crippen molar-refractivity contribution >= 4 is 35.6 Å². The van der Waals surface area contributed by atoms with Gasteiger partial charge in [0.15, 0.2) is 5.96 Å². The molecular formula is C16H20IN3O. The van der Waals surface area contributed by atoms with E-state index < -0.39 is 0 Å². The second-order valence-corrected chi connectivity index (χ2v) is 4.87. The van der Waals surface area contributed by atoms with E-state index in [1.807, 2.05) is 32.0 Å². The van der Waals surface area contributed by atoms with Gasteiger partial charge < -0.3 is 16.2 Å². The number of hydrogen-bond donors (Lipinski definition) is 3. The number of halogens is 1. The number of benzene rings is 2. The summed E-state index contributed by atoms with van der Waals surface area (Å²) in [6, 6.07) is 13.1. The molecular weight excluding hydrogens is 377 g/mol. The summed E-state index contributed by atoms with van der Waals surface area (Å²) in [5, 5.41) is 12.5. The number of nitrogens with zero attached hydrogens (tertiary/aromatic N) is 1. The van der Waals surface area contributed by atoms with Crippen molar-refractivity contribution in [3.8, 4) is 5.75 Å². The van der Waals surface area contributed by atoms with Crippen LogP contribution < -0.4 is 11.1 Å². The fraction of sp³-hybridized carbons (Fsp3) is 0.188. The first-order valence-corrected chi connectivity index (χ1v) is 6.46. The summed E-state index contributed by atoms with van der Waals surface area (Å²) in [6.07, 6.45) is 0. The average Bonchev–Trinajstić information content (AvgIpc) is 2.35. The van der Waals surface area contributed by atoms with Gasteiger partial charge in [-0.15, -0.1) is 24.0 Å². The molecule has 4 nitrogen and oxygen atoms in total. The van der Waals surface area contributed by atoms with Gasteiger partial charge in [-0.2, -0.15) is 0 Å². The highest BCUT2D eigenvalue weighted by Crippen LogP contribution is 2.14. The van der Waals surface area contributed by atoms with Gasteiger partial charge in [-0.25, -0.2) is 4.99 Å². The average molecular weight is 397 g/mol. The topological polar surface area (TPSA) is 70.6 Å². The van der Waals surface area contributed by atoms with Crippen LogP contribution in [0.1, 0.15) is 16.7 Å². The lowest BCUT2D eigenvalue weighted by molar-refractivity contribution is 0.474. The summed E-state index contributed by atoms with van der Waals surface area (Å²) >= 11 is 0. The van der Waals surface area contributed by atoms with E-state index in [-0.39, 0.29) is 29.7 Å². The second-order valence-electron chi connectivity index (χ2n) is 4.87. The lowest BCUT2D eigenvalue weighted by atomic mass is 10.1. The fourth-order valence-corrected chi connectivity index (χ4v) is 2.07. The third-order valence-corrected chi connectivity index (χ3v) is 2.84. The highest BCUT2D eigenvalue weighted by Gasteiger charge is 1.98. The van der Waals surface area contributed by atoms with E-state index in [1.165, 1.54) is 11.1 Å². The SMILES string of the molecule is Cc1cc(C)cc(NC(N)=NCc2cccc(O)c2)c1.I. The van der Waals surface area contributed by atoms with Crippen LogP contribution >= 0.6 is 24.0 Å². The lowest BCUT2D eigenvalue weighted by Gasteiger charge is -2.08. The molecule has 0 bridgehead atoms. The lowest BCUT2D eigenvalue weighted by Crippen LogP contribution is -2.22. The van der Waals surface area contributed by atoms with Crippen LogP contribution in [-0.4, -0.2) is 11.1 Å². The molecule has 0 aliphatic heterocycles. The second kappa shape index (κ2) is 7.87. The van der Waals surface area contributed by atoms with E-state index in [0.29, 0.717) is 12.5 Å². The molecule has 112 valence electrons. The van der Waals surface area contributed by atoms with Gasteiger partial charge in [0.25, 0.3) is 0 Å². The molecule has 0 amide bonds. The number of aryl methyl sites for hydroxylation is 2. The van der Waals surface area contributed by atoms with Crippen molar-refractivity contribution in [1.82, 2.24) is 0 Å². The van der Waals surface area contributed by atoms with Gasteiger partial charge in [0.05, 0.1) is 6.54 Å². The van der Waals surface area contributed by atoms with Gasteiger partial charge in [-0.05, 0) is 54.8 Å². The van der Waals surface area contributed by atoms with Crippen LogP contribution in [0, 0.1) is 13.8 Å². The van der Waals surface area contributed by atoms with Crippen LogP contribution in [0.3, 0.4) is 0 Å². The molecule has 0 radical (unpaired) electrons.